The summed E-state index contributed by atoms with van der Waals surface area (Å²) in [6.45, 7) is 1.91. The zero-order valence-corrected chi connectivity index (χ0v) is 32.3. The van der Waals surface area contributed by atoms with Crippen molar-refractivity contribution in [2.45, 2.75) is 126 Å². The molecule has 2 aromatic heterocycles. The van der Waals surface area contributed by atoms with Crippen LogP contribution in [0.2, 0.25) is 0 Å². The number of benzene rings is 1. The van der Waals surface area contributed by atoms with Gasteiger partial charge in [-0.15, -0.1) is 0 Å². The summed E-state index contributed by atoms with van der Waals surface area (Å²) in [6.07, 6.45) is 14.0. The second-order valence-corrected chi connectivity index (χ2v) is 18.9. The van der Waals surface area contributed by atoms with Crippen LogP contribution in [0.3, 0.4) is 0 Å². The highest BCUT2D eigenvalue weighted by molar-refractivity contribution is 6.00. The molecule has 11 rings (SSSR count). The maximum atomic E-state index is 15.6. The number of hydrogen-bond acceptors (Lipinski definition) is 7. The van der Waals surface area contributed by atoms with Gasteiger partial charge in [-0.25, -0.2) is 23.5 Å². The van der Waals surface area contributed by atoms with Crippen LogP contribution in [0.5, 0.6) is 5.75 Å². The van der Waals surface area contributed by atoms with Crippen LogP contribution in [-0.2, 0) is 15.5 Å². The molecule has 4 heterocycles. The van der Waals surface area contributed by atoms with Gasteiger partial charge in [-0.3, -0.25) is 9.69 Å². The molecule has 6 aliphatic carbocycles. The van der Waals surface area contributed by atoms with E-state index in [0.717, 1.165) is 88.1 Å². The van der Waals surface area contributed by atoms with Crippen LogP contribution in [0, 0.1) is 29.1 Å². The number of aromatic nitrogens is 3. The Balaban J connectivity index is 0.952. The summed E-state index contributed by atoms with van der Waals surface area (Å²) in [5.41, 5.74) is -1.03. The number of alkyl halides is 4. The fourth-order valence-electron chi connectivity index (χ4n) is 12.3. The average Bonchev–Trinajstić information content (AvgIpc) is 3.53. The number of carboxylic acid groups (broad SMARTS) is 1. The van der Waals surface area contributed by atoms with Gasteiger partial charge in [0.05, 0.1) is 43.5 Å². The number of rotatable bonds is 9. The fourth-order valence-corrected chi connectivity index (χ4v) is 12.3. The van der Waals surface area contributed by atoms with Gasteiger partial charge in [0.2, 0.25) is 0 Å². The third kappa shape index (κ3) is 6.42. The normalized spacial score (nSPS) is 33.2. The molecule has 8 aliphatic rings. The van der Waals surface area contributed by atoms with Crippen molar-refractivity contribution in [1.29, 1.82) is 0 Å². The SMILES string of the molecule is CC(F)(F)c1nc(-c2cn(C3CCC4(CC3)COC4)c3cc(OC4CCC(N5CC(F)(F)C5)CC4)ccc23)ncc1C(=O)NC1(C(=O)O)C2CC3CC(C2)CC1C3. The predicted octanol–water partition coefficient (Wildman–Crippen LogP) is 7.99. The summed E-state index contributed by atoms with van der Waals surface area (Å²) in [5.74, 6) is -6.97. The number of ether oxygens (including phenoxy) is 2. The van der Waals surface area contributed by atoms with E-state index in [1.54, 1.807) is 0 Å². The highest BCUT2D eigenvalue weighted by atomic mass is 19.3. The van der Waals surface area contributed by atoms with Gasteiger partial charge in [0.25, 0.3) is 17.8 Å². The average molecular weight is 794 g/mol. The molecular formula is C43H51F4N5O5. The highest BCUT2D eigenvalue weighted by Crippen LogP contribution is 2.58. The lowest BCUT2D eigenvalue weighted by atomic mass is 9.48. The Hall–Kier alpha value is -3.78. The summed E-state index contributed by atoms with van der Waals surface area (Å²) < 4.78 is 72.4. The molecule has 2 aliphatic heterocycles. The lowest BCUT2D eigenvalue weighted by Crippen LogP contribution is -2.70. The van der Waals surface area contributed by atoms with Crippen molar-refractivity contribution in [3.05, 3.63) is 41.9 Å². The smallest absolute Gasteiger partial charge is 0.330 e. The monoisotopic (exact) mass is 793 g/mol. The largest absolute Gasteiger partial charge is 0.490 e. The van der Waals surface area contributed by atoms with E-state index in [4.69, 9.17) is 9.47 Å². The minimum atomic E-state index is -3.53. The van der Waals surface area contributed by atoms with E-state index in [2.05, 4.69) is 19.9 Å². The molecule has 1 aromatic carbocycles. The Morgan fingerprint density at radius 3 is 2.19 bits per heavy atom. The molecule has 2 saturated heterocycles. The van der Waals surface area contributed by atoms with Crippen molar-refractivity contribution < 1.29 is 41.7 Å². The van der Waals surface area contributed by atoms with Crippen molar-refractivity contribution in [3.63, 3.8) is 0 Å². The molecule has 1 spiro atoms. The van der Waals surface area contributed by atoms with E-state index < -0.39 is 40.5 Å². The Morgan fingerprint density at radius 2 is 1.61 bits per heavy atom. The van der Waals surface area contributed by atoms with E-state index in [1.165, 1.54) is 0 Å². The molecule has 2 N–H and O–H groups in total. The van der Waals surface area contributed by atoms with E-state index in [9.17, 15) is 23.5 Å². The van der Waals surface area contributed by atoms with E-state index >= 15 is 8.78 Å². The number of fused-ring (bicyclic) bond motifs is 1. The number of halogens is 4. The van der Waals surface area contributed by atoms with Crippen LogP contribution in [0.15, 0.2) is 30.6 Å². The topological polar surface area (TPSA) is 119 Å². The number of carboxylic acids is 1. The van der Waals surface area contributed by atoms with Gasteiger partial charge in [-0.2, -0.15) is 8.78 Å². The number of carbonyl (C=O) groups excluding carboxylic acids is 1. The van der Waals surface area contributed by atoms with Crippen molar-refractivity contribution in [1.82, 2.24) is 24.8 Å². The van der Waals surface area contributed by atoms with Gasteiger partial charge in [0, 0.05) is 53.8 Å². The molecule has 0 unspecified atom stereocenters. The van der Waals surface area contributed by atoms with Crippen LogP contribution >= 0.6 is 0 Å². The van der Waals surface area contributed by atoms with E-state index in [0.29, 0.717) is 55.8 Å². The zero-order valence-electron chi connectivity index (χ0n) is 32.3. The third-order valence-electron chi connectivity index (χ3n) is 15.2. The molecule has 0 radical (unpaired) electrons. The van der Waals surface area contributed by atoms with Crippen LogP contribution in [0.1, 0.15) is 112 Å². The highest BCUT2D eigenvalue weighted by Gasteiger charge is 2.62. The Morgan fingerprint density at radius 1 is 0.947 bits per heavy atom. The number of carbonyl (C=O) groups is 2. The van der Waals surface area contributed by atoms with Gasteiger partial charge in [0.1, 0.15) is 17.0 Å². The first-order valence-electron chi connectivity index (χ1n) is 21.0. The van der Waals surface area contributed by atoms with Crippen LogP contribution in [0.25, 0.3) is 22.3 Å². The predicted molar refractivity (Wildman–Crippen MR) is 201 cm³/mol. The molecule has 1 amide bonds. The standard InChI is InChI=1S/C43H51F4N5O5/c1-40(44,45)36-33(38(53)50-43(39(54)55)26-13-24-12-25(15-26)16-27(43)14-24)18-48-37(49-36)34-19-52(29-8-10-41(11-9-29)22-56-23-41)35-17-31(6-7-32(34)35)57-30-4-2-28(3-5-30)51-20-42(46,47)21-51/h6-7,17-19,24-30H,2-5,8-16,20-23H2,1H3,(H,50,53)(H,54,55). The first-order chi connectivity index (χ1) is 27.2. The minimum Gasteiger partial charge on any atom is -0.490 e. The summed E-state index contributed by atoms with van der Waals surface area (Å²) in [7, 11) is 0. The second kappa shape index (κ2) is 13.4. The Kier molecular flexibility index (Phi) is 8.79. The lowest BCUT2D eigenvalue weighted by molar-refractivity contribution is -0.163. The van der Waals surface area contributed by atoms with Gasteiger partial charge in [0.15, 0.2) is 5.82 Å². The number of nitrogens with one attached hydrogen (secondary N) is 1. The fraction of sp³-hybridized carbons (Fsp3) is 0.674. The molecule has 0 atom stereocenters. The maximum absolute atomic E-state index is 15.6. The summed E-state index contributed by atoms with van der Waals surface area (Å²) >= 11 is 0. The van der Waals surface area contributed by atoms with Gasteiger partial charge >= 0.3 is 5.97 Å². The van der Waals surface area contributed by atoms with Gasteiger partial charge < -0.3 is 24.5 Å². The molecule has 10 nitrogen and oxygen atoms in total. The maximum Gasteiger partial charge on any atom is 0.330 e. The number of aliphatic carboxylic acids is 1. The summed E-state index contributed by atoms with van der Waals surface area (Å²) in [6, 6.07) is 6.05. The summed E-state index contributed by atoms with van der Waals surface area (Å²) in [4.78, 5) is 37.8. The van der Waals surface area contributed by atoms with Gasteiger partial charge in [-0.05, 0) is 119 Å². The minimum absolute atomic E-state index is 0.0490. The lowest BCUT2D eigenvalue weighted by Gasteiger charge is -2.59. The van der Waals surface area contributed by atoms with Crippen LogP contribution in [0.4, 0.5) is 17.6 Å². The molecule has 6 saturated carbocycles. The van der Waals surface area contributed by atoms with Gasteiger partial charge in [-0.1, -0.05) is 0 Å². The van der Waals surface area contributed by atoms with E-state index in [-0.39, 0.29) is 54.4 Å². The van der Waals surface area contributed by atoms with Crippen molar-refractivity contribution >= 4 is 22.8 Å². The number of nitrogens with zero attached hydrogens (tertiary/aromatic N) is 4. The first kappa shape index (κ1) is 37.5. The second-order valence-electron chi connectivity index (χ2n) is 18.9. The molecule has 306 valence electrons. The Labute approximate surface area is 329 Å². The molecule has 3 aromatic rings. The number of amides is 1. The van der Waals surface area contributed by atoms with E-state index in [1.807, 2.05) is 29.3 Å². The van der Waals surface area contributed by atoms with Crippen LogP contribution < -0.4 is 10.1 Å². The first-order valence-corrected chi connectivity index (χ1v) is 21.0. The molecular weight excluding hydrogens is 742 g/mol. The number of hydrogen-bond donors (Lipinski definition) is 2. The molecule has 4 bridgehead atoms. The Bertz CT molecular complexity index is 2040. The quantitative estimate of drug-likeness (QED) is 0.210. The molecule has 8 fully saturated rings. The van der Waals surface area contributed by atoms with Crippen molar-refractivity contribution in [2.75, 3.05) is 26.3 Å². The molecule has 57 heavy (non-hydrogen) atoms. The van der Waals surface area contributed by atoms with Crippen molar-refractivity contribution in [2.24, 2.45) is 29.1 Å². The number of likely N-dealkylation sites (tertiary alicyclic amines) is 1. The zero-order chi connectivity index (χ0) is 39.5. The summed E-state index contributed by atoms with van der Waals surface area (Å²) in [5, 5.41) is 14.2. The van der Waals surface area contributed by atoms with Crippen LogP contribution in [-0.4, -0.2) is 86.3 Å². The van der Waals surface area contributed by atoms with Crippen molar-refractivity contribution in [3.8, 4) is 17.1 Å². The third-order valence-corrected chi connectivity index (χ3v) is 15.2. The molecule has 14 heteroatoms.